The second kappa shape index (κ2) is 8.40. The lowest BCUT2D eigenvalue weighted by Gasteiger charge is -2.10. The molecule has 0 aliphatic carbocycles. The maximum atomic E-state index is 9.51. The van der Waals surface area contributed by atoms with E-state index in [9.17, 15) is 5.26 Å². The number of nitrogens with zero attached hydrogens (tertiary/aromatic N) is 1. The number of halogens is 3. The molecule has 23 heavy (non-hydrogen) atoms. The van der Waals surface area contributed by atoms with Gasteiger partial charge in [0.15, 0.2) is 0 Å². The molecule has 5 heteroatoms. The average Bonchev–Trinajstić information content (AvgIpc) is 2.52. The molecule has 2 rings (SSSR count). The monoisotopic (exact) mass is 409 g/mol. The Labute approximate surface area is 154 Å². The van der Waals surface area contributed by atoms with Crippen molar-refractivity contribution in [3.05, 3.63) is 62.0 Å². The first-order valence-electron chi connectivity index (χ1n) is 7.04. The highest BCUT2D eigenvalue weighted by molar-refractivity contribution is 9.10. The smallest absolute Gasteiger partial charge is 0.126 e. The number of benzene rings is 2. The molecule has 0 heterocycles. The summed E-state index contributed by atoms with van der Waals surface area (Å²) in [5.74, 6) is 0.730. The maximum Gasteiger partial charge on any atom is 0.126 e. The summed E-state index contributed by atoms with van der Waals surface area (Å²) in [5.41, 5.74) is 1.90. The molecule has 0 aliphatic rings. The van der Waals surface area contributed by atoms with Gasteiger partial charge < -0.3 is 4.74 Å². The fraction of sp³-hybridized carbons (Fsp3) is 0.167. The third kappa shape index (κ3) is 4.75. The van der Waals surface area contributed by atoms with Crippen LogP contribution in [-0.2, 0) is 0 Å². The van der Waals surface area contributed by atoms with Crippen molar-refractivity contribution in [2.75, 3.05) is 6.61 Å². The molecule has 0 radical (unpaired) electrons. The molecule has 0 unspecified atom stereocenters. The van der Waals surface area contributed by atoms with Gasteiger partial charge >= 0.3 is 0 Å². The molecule has 2 aromatic carbocycles. The molecule has 0 amide bonds. The Kier molecular flexibility index (Phi) is 6.53. The maximum absolute atomic E-state index is 9.51. The molecule has 0 aliphatic heterocycles. The second-order valence-corrected chi connectivity index (χ2v) is 6.58. The normalized spacial score (nSPS) is 11.2. The summed E-state index contributed by atoms with van der Waals surface area (Å²) in [4.78, 5) is 0. The molecule has 0 N–H and O–H groups in total. The van der Waals surface area contributed by atoms with E-state index in [0.717, 1.165) is 22.2 Å². The summed E-state index contributed by atoms with van der Waals surface area (Å²) in [7, 11) is 0. The van der Waals surface area contributed by atoms with Crippen molar-refractivity contribution in [1.29, 1.82) is 5.26 Å². The first-order valence-corrected chi connectivity index (χ1v) is 8.59. The van der Waals surface area contributed by atoms with Gasteiger partial charge in [-0.25, -0.2) is 0 Å². The fourth-order valence-electron chi connectivity index (χ4n) is 2.01. The summed E-state index contributed by atoms with van der Waals surface area (Å²) >= 11 is 15.6. The van der Waals surface area contributed by atoms with Gasteiger partial charge in [-0.2, -0.15) is 5.26 Å². The lowest BCUT2D eigenvalue weighted by atomic mass is 10.0. The Morgan fingerprint density at radius 1 is 1.26 bits per heavy atom. The SMILES string of the molecule is CCCOc1ccc(Br)cc1/C=C(\C#N)c1ccc(Cl)cc1Cl. The Balaban J connectivity index is 2.49. The topological polar surface area (TPSA) is 33.0 Å². The predicted molar refractivity (Wildman–Crippen MR) is 99.9 cm³/mol. The molecule has 0 bridgehead atoms. The van der Waals surface area contributed by atoms with Gasteiger partial charge in [0.25, 0.3) is 0 Å². The Hall–Kier alpha value is -1.47. The van der Waals surface area contributed by atoms with Crippen molar-refractivity contribution in [2.24, 2.45) is 0 Å². The van der Waals surface area contributed by atoms with Gasteiger partial charge in [0.05, 0.1) is 23.3 Å². The van der Waals surface area contributed by atoms with E-state index in [4.69, 9.17) is 27.9 Å². The third-order valence-electron chi connectivity index (χ3n) is 3.08. The predicted octanol–water partition coefficient (Wildman–Crippen LogP) is 6.61. The van der Waals surface area contributed by atoms with Crippen LogP contribution in [0.1, 0.15) is 24.5 Å². The van der Waals surface area contributed by atoms with Gasteiger partial charge in [0, 0.05) is 20.6 Å². The summed E-state index contributed by atoms with van der Waals surface area (Å²) in [5, 5.41) is 10.5. The van der Waals surface area contributed by atoms with Crippen LogP contribution in [0, 0.1) is 11.3 Å². The van der Waals surface area contributed by atoms with Crippen LogP contribution in [0.3, 0.4) is 0 Å². The first kappa shape index (κ1) is 17.9. The Morgan fingerprint density at radius 3 is 2.70 bits per heavy atom. The van der Waals surface area contributed by atoms with Crippen LogP contribution in [-0.4, -0.2) is 6.61 Å². The van der Waals surface area contributed by atoms with Crippen molar-refractivity contribution in [1.82, 2.24) is 0 Å². The van der Waals surface area contributed by atoms with Crippen LogP contribution in [0.5, 0.6) is 5.75 Å². The Morgan fingerprint density at radius 2 is 2.04 bits per heavy atom. The molecule has 0 atom stereocenters. The third-order valence-corrected chi connectivity index (χ3v) is 4.12. The second-order valence-electron chi connectivity index (χ2n) is 4.82. The van der Waals surface area contributed by atoms with Gasteiger partial charge in [-0.15, -0.1) is 0 Å². The zero-order chi connectivity index (χ0) is 16.8. The lowest BCUT2D eigenvalue weighted by molar-refractivity contribution is 0.317. The van der Waals surface area contributed by atoms with Gasteiger partial charge in [-0.05, 0) is 42.8 Å². The molecule has 0 saturated heterocycles. The molecule has 118 valence electrons. The molecule has 2 aromatic rings. The number of ether oxygens (including phenoxy) is 1. The molecule has 2 nitrogen and oxygen atoms in total. The van der Waals surface area contributed by atoms with Gasteiger partial charge in [0.1, 0.15) is 5.75 Å². The molecular formula is C18H14BrCl2NO. The van der Waals surface area contributed by atoms with E-state index >= 15 is 0 Å². The van der Waals surface area contributed by atoms with E-state index in [1.54, 1.807) is 24.3 Å². The van der Waals surface area contributed by atoms with Crippen LogP contribution in [0.25, 0.3) is 11.6 Å². The van der Waals surface area contributed by atoms with Crippen LogP contribution in [0.2, 0.25) is 10.0 Å². The minimum atomic E-state index is 0.441. The van der Waals surface area contributed by atoms with Gasteiger partial charge in [-0.1, -0.05) is 52.1 Å². The van der Waals surface area contributed by atoms with Crippen LogP contribution < -0.4 is 4.74 Å². The van der Waals surface area contributed by atoms with Crippen LogP contribution in [0.4, 0.5) is 0 Å². The van der Waals surface area contributed by atoms with Gasteiger partial charge in [-0.3, -0.25) is 0 Å². The van der Waals surface area contributed by atoms with Crippen molar-refractivity contribution in [2.45, 2.75) is 13.3 Å². The average molecular weight is 411 g/mol. The van der Waals surface area contributed by atoms with E-state index in [-0.39, 0.29) is 0 Å². The number of allylic oxidation sites excluding steroid dienone is 1. The molecule has 0 spiro atoms. The highest BCUT2D eigenvalue weighted by atomic mass is 79.9. The Bertz CT molecular complexity index is 781. The van der Waals surface area contributed by atoms with Crippen molar-refractivity contribution in [3.63, 3.8) is 0 Å². The van der Waals surface area contributed by atoms with E-state index in [2.05, 4.69) is 22.0 Å². The fourth-order valence-corrected chi connectivity index (χ4v) is 2.90. The standard InChI is InChI=1S/C18H14BrCl2NO/c1-2-7-23-18-6-3-14(19)9-12(18)8-13(11-22)16-5-4-15(20)10-17(16)21/h3-6,8-10H,2,7H2,1H3/b13-8+. The first-order chi connectivity index (χ1) is 11.0. The summed E-state index contributed by atoms with van der Waals surface area (Å²) < 4.78 is 6.65. The van der Waals surface area contributed by atoms with E-state index < -0.39 is 0 Å². The van der Waals surface area contributed by atoms with Gasteiger partial charge in [0.2, 0.25) is 0 Å². The molecule has 0 fully saturated rings. The lowest BCUT2D eigenvalue weighted by Crippen LogP contribution is -1.97. The van der Waals surface area contributed by atoms with E-state index in [1.165, 1.54) is 0 Å². The van der Waals surface area contributed by atoms with E-state index in [1.807, 2.05) is 25.1 Å². The molecular weight excluding hydrogens is 397 g/mol. The zero-order valence-electron chi connectivity index (χ0n) is 12.4. The molecule has 0 saturated carbocycles. The van der Waals surface area contributed by atoms with Crippen LogP contribution >= 0.6 is 39.1 Å². The van der Waals surface area contributed by atoms with Crippen LogP contribution in [0.15, 0.2) is 40.9 Å². The quantitative estimate of drug-likeness (QED) is 0.410. The van der Waals surface area contributed by atoms with Crippen molar-refractivity contribution < 1.29 is 4.74 Å². The highest BCUT2D eigenvalue weighted by Gasteiger charge is 2.10. The van der Waals surface area contributed by atoms with E-state index in [0.29, 0.717) is 27.8 Å². The molecule has 0 aromatic heterocycles. The summed E-state index contributed by atoms with van der Waals surface area (Å²) in [6, 6.07) is 13.0. The number of rotatable bonds is 5. The summed E-state index contributed by atoms with van der Waals surface area (Å²) in [6.45, 7) is 2.66. The van der Waals surface area contributed by atoms with Crippen molar-refractivity contribution >= 4 is 50.8 Å². The number of hydrogen-bond donors (Lipinski definition) is 0. The minimum Gasteiger partial charge on any atom is -0.493 e. The van der Waals surface area contributed by atoms with Crippen molar-refractivity contribution in [3.8, 4) is 11.8 Å². The number of nitriles is 1. The highest BCUT2D eigenvalue weighted by Crippen LogP contribution is 2.31. The summed E-state index contributed by atoms with van der Waals surface area (Å²) in [6.07, 6.45) is 2.68. The largest absolute Gasteiger partial charge is 0.493 e. The minimum absolute atomic E-state index is 0.441. The zero-order valence-corrected chi connectivity index (χ0v) is 15.5. The number of hydrogen-bond acceptors (Lipinski definition) is 2.